The standard InChI is InChI=1S/C25H22F4O3/c1-3-5-15-7-8-16-11-17-12-20(22(28)23(29)25(17)32-24(16)21(15)27)31-13-14-6-9-19(30-4-2)18(26)10-14/h6-10,12H,3-5,11,13H2,1-2H3. The van der Waals surface area contributed by atoms with E-state index in [1.54, 1.807) is 25.1 Å². The highest BCUT2D eigenvalue weighted by molar-refractivity contribution is 5.54. The molecule has 4 rings (SSSR count). The van der Waals surface area contributed by atoms with E-state index in [0.29, 0.717) is 35.3 Å². The first-order valence-corrected chi connectivity index (χ1v) is 10.5. The topological polar surface area (TPSA) is 27.7 Å². The molecule has 0 atom stereocenters. The van der Waals surface area contributed by atoms with Crippen LogP contribution in [0.1, 0.15) is 42.5 Å². The summed E-state index contributed by atoms with van der Waals surface area (Å²) in [4.78, 5) is 0. The quantitative estimate of drug-likeness (QED) is 0.290. The molecule has 0 saturated carbocycles. The van der Waals surface area contributed by atoms with Crippen molar-refractivity contribution >= 4 is 0 Å². The SMILES string of the molecule is CCCc1ccc2c(c1F)Oc1c(cc(OCc3ccc(OCC)c(F)c3)c(F)c1F)C2. The van der Waals surface area contributed by atoms with Gasteiger partial charge >= 0.3 is 0 Å². The molecular formula is C25H22F4O3. The predicted molar refractivity (Wildman–Crippen MR) is 112 cm³/mol. The molecule has 0 radical (unpaired) electrons. The average molecular weight is 446 g/mol. The Morgan fingerprint density at radius 3 is 2.31 bits per heavy atom. The molecule has 0 fully saturated rings. The maximum Gasteiger partial charge on any atom is 0.205 e. The molecule has 3 aromatic carbocycles. The predicted octanol–water partition coefficient (Wildman–Crippen LogP) is 6.87. The van der Waals surface area contributed by atoms with Crippen LogP contribution in [0.2, 0.25) is 0 Å². The van der Waals surface area contributed by atoms with E-state index in [2.05, 4.69) is 0 Å². The largest absolute Gasteiger partial charge is 0.491 e. The Kier molecular flexibility index (Phi) is 6.26. The Hall–Kier alpha value is -3.22. The molecule has 0 spiro atoms. The second-order valence-electron chi connectivity index (χ2n) is 7.53. The van der Waals surface area contributed by atoms with Gasteiger partial charge in [-0.15, -0.1) is 0 Å². The third-order valence-electron chi connectivity index (χ3n) is 5.26. The van der Waals surface area contributed by atoms with E-state index in [-0.39, 0.29) is 36.0 Å². The smallest absolute Gasteiger partial charge is 0.205 e. The number of rotatable bonds is 7. The molecular weight excluding hydrogens is 424 g/mol. The highest BCUT2D eigenvalue weighted by Gasteiger charge is 2.28. The lowest BCUT2D eigenvalue weighted by atomic mass is 9.97. The summed E-state index contributed by atoms with van der Waals surface area (Å²) in [6, 6.07) is 9.00. The fourth-order valence-electron chi connectivity index (χ4n) is 3.71. The second kappa shape index (κ2) is 9.10. The van der Waals surface area contributed by atoms with Crippen LogP contribution in [0.25, 0.3) is 0 Å². The van der Waals surface area contributed by atoms with Gasteiger partial charge in [-0.1, -0.05) is 31.5 Å². The van der Waals surface area contributed by atoms with Gasteiger partial charge in [0.15, 0.2) is 34.6 Å². The van der Waals surface area contributed by atoms with E-state index in [9.17, 15) is 17.6 Å². The minimum absolute atomic E-state index is 0.0692. The fourth-order valence-corrected chi connectivity index (χ4v) is 3.71. The van der Waals surface area contributed by atoms with Crippen LogP contribution in [0.4, 0.5) is 17.6 Å². The van der Waals surface area contributed by atoms with Gasteiger partial charge in [-0.2, -0.15) is 8.78 Å². The van der Waals surface area contributed by atoms with Crippen LogP contribution in [0.3, 0.4) is 0 Å². The van der Waals surface area contributed by atoms with Crippen molar-refractivity contribution in [1.29, 1.82) is 0 Å². The van der Waals surface area contributed by atoms with Crippen molar-refractivity contribution in [3.05, 3.63) is 81.9 Å². The van der Waals surface area contributed by atoms with Crippen LogP contribution in [0.5, 0.6) is 23.0 Å². The van der Waals surface area contributed by atoms with Crippen LogP contribution in [-0.2, 0) is 19.4 Å². The van der Waals surface area contributed by atoms with Gasteiger partial charge < -0.3 is 14.2 Å². The average Bonchev–Trinajstić information content (AvgIpc) is 2.78. The zero-order chi connectivity index (χ0) is 22.8. The fraction of sp³-hybridized carbons (Fsp3) is 0.280. The molecule has 1 heterocycles. The Labute approximate surface area is 183 Å². The summed E-state index contributed by atoms with van der Waals surface area (Å²) in [5.41, 5.74) is 1.78. The van der Waals surface area contributed by atoms with Crippen LogP contribution < -0.4 is 14.2 Å². The normalized spacial score (nSPS) is 12.1. The number of halogens is 4. The second-order valence-corrected chi connectivity index (χ2v) is 7.53. The summed E-state index contributed by atoms with van der Waals surface area (Å²) in [6.07, 6.45) is 1.43. The van der Waals surface area contributed by atoms with Crippen LogP contribution in [0.15, 0.2) is 36.4 Å². The molecule has 3 nitrogen and oxygen atoms in total. The first-order chi connectivity index (χ1) is 15.4. The third kappa shape index (κ3) is 4.11. The monoisotopic (exact) mass is 446 g/mol. The molecule has 0 unspecified atom stereocenters. The summed E-state index contributed by atoms with van der Waals surface area (Å²) in [5.74, 6) is -4.25. The van der Waals surface area contributed by atoms with Crippen molar-refractivity contribution in [1.82, 2.24) is 0 Å². The summed E-state index contributed by atoms with van der Waals surface area (Å²) >= 11 is 0. The van der Waals surface area contributed by atoms with Crippen molar-refractivity contribution in [3.8, 4) is 23.0 Å². The number of benzene rings is 3. The number of aryl methyl sites for hydroxylation is 1. The Morgan fingerprint density at radius 1 is 0.812 bits per heavy atom. The zero-order valence-electron chi connectivity index (χ0n) is 17.7. The summed E-state index contributed by atoms with van der Waals surface area (Å²) < 4.78 is 74.2. The lowest BCUT2D eigenvalue weighted by molar-refractivity contribution is 0.278. The molecule has 0 N–H and O–H groups in total. The van der Waals surface area contributed by atoms with Crippen LogP contribution in [0, 0.1) is 23.3 Å². The first-order valence-electron chi connectivity index (χ1n) is 10.5. The summed E-state index contributed by atoms with van der Waals surface area (Å²) in [7, 11) is 0. The number of hydrogen-bond acceptors (Lipinski definition) is 3. The van der Waals surface area contributed by atoms with Crippen molar-refractivity contribution in [2.45, 2.75) is 39.7 Å². The van der Waals surface area contributed by atoms with E-state index in [1.165, 1.54) is 18.2 Å². The van der Waals surface area contributed by atoms with Crippen LogP contribution in [-0.4, -0.2) is 6.61 Å². The van der Waals surface area contributed by atoms with Gasteiger partial charge in [0.05, 0.1) is 6.61 Å². The summed E-state index contributed by atoms with van der Waals surface area (Å²) in [6.45, 7) is 3.81. The van der Waals surface area contributed by atoms with Gasteiger partial charge in [-0.05, 0) is 42.7 Å². The van der Waals surface area contributed by atoms with E-state index in [4.69, 9.17) is 14.2 Å². The summed E-state index contributed by atoms with van der Waals surface area (Å²) in [5, 5.41) is 0. The van der Waals surface area contributed by atoms with E-state index < -0.39 is 23.3 Å². The van der Waals surface area contributed by atoms with Gasteiger partial charge in [0.1, 0.15) is 6.61 Å². The first kappa shape index (κ1) is 22.0. The Morgan fingerprint density at radius 2 is 1.59 bits per heavy atom. The molecule has 0 amide bonds. The zero-order valence-corrected chi connectivity index (χ0v) is 17.7. The molecule has 1 aliphatic rings. The van der Waals surface area contributed by atoms with Gasteiger partial charge in [0.2, 0.25) is 11.6 Å². The molecule has 0 aromatic heterocycles. The lowest BCUT2D eigenvalue weighted by Crippen LogP contribution is -2.10. The molecule has 0 saturated heterocycles. The van der Waals surface area contributed by atoms with Crippen LogP contribution >= 0.6 is 0 Å². The Bertz CT molecular complexity index is 1160. The number of ether oxygens (including phenoxy) is 3. The molecule has 1 aliphatic heterocycles. The van der Waals surface area contributed by atoms with Crippen molar-refractivity contribution < 1.29 is 31.8 Å². The highest BCUT2D eigenvalue weighted by Crippen LogP contribution is 2.43. The lowest BCUT2D eigenvalue weighted by Gasteiger charge is -2.23. The third-order valence-corrected chi connectivity index (χ3v) is 5.26. The molecule has 32 heavy (non-hydrogen) atoms. The van der Waals surface area contributed by atoms with Crippen molar-refractivity contribution in [3.63, 3.8) is 0 Å². The van der Waals surface area contributed by atoms with Crippen molar-refractivity contribution in [2.24, 2.45) is 0 Å². The molecule has 0 aliphatic carbocycles. The minimum atomic E-state index is -1.25. The molecule has 7 heteroatoms. The van der Waals surface area contributed by atoms with E-state index >= 15 is 0 Å². The number of fused-ring (bicyclic) bond motifs is 2. The number of hydrogen-bond donors (Lipinski definition) is 0. The van der Waals surface area contributed by atoms with E-state index in [1.807, 2.05) is 6.92 Å². The maximum absolute atomic E-state index is 14.8. The minimum Gasteiger partial charge on any atom is -0.491 e. The molecule has 3 aromatic rings. The maximum atomic E-state index is 14.8. The van der Waals surface area contributed by atoms with Gasteiger partial charge in [-0.25, -0.2) is 8.78 Å². The highest BCUT2D eigenvalue weighted by atomic mass is 19.2. The Balaban J connectivity index is 1.58. The van der Waals surface area contributed by atoms with Gasteiger partial charge in [-0.3, -0.25) is 0 Å². The molecule has 168 valence electrons. The van der Waals surface area contributed by atoms with Gasteiger partial charge in [0, 0.05) is 17.5 Å². The molecule has 0 bridgehead atoms. The van der Waals surface area contributed by atoms with E-state index in [0.717, 1.165) is 6.42 Å². The van der Waals surface area contributed by atoms with Gasteiger partial charge in [0.25, 0.3) is 0 Å². The van der Waals surface area contributed by atoms with Crippen molar-refractivity contribution in [2.75, 3.05) is 6.61 Å².